The van der Waals surface area contributed by atoms with Crippen molar-refractivity contribution in [2.75, 3.05) is 13.7 Å². The molecule has 8 nitrogen and oxygen atoms in total. The van der Waals surface area contributed by atoms with Gasteiger partial charge in [0.05, 0.1) is 5.25 Å². The van der Waals surface area contributed by atoms with Crippen molar-refractivity contribution in [2.24, 2.45) is 0 Å². The Morgan fingerprint density at radius 1 is 1.48 bits per heavy atom. The van der Waals surface area contributed by atoms with E-state index in [4.69, 9.17) is 4.74 Å². The SMILES string of the molecule is CCN[C@H]1C[C@H](C)S(=O)(=O)c2sc(S(=O)(=O)NC(=O)C(C)OC)cc21. The fraction of sp³-hybridized carbons (Fsp3) is 0.643. The summed E-state index contributed by atoms with van der Waals surface area (Å²) in [5.74, 6) is -0.812. The lowest BCUT2D eigenvalue weighted by Gasteiger charge is -2.27. The van der Waals surface area contributed by atoms with Gasteiger partial charge in [-0.3, -0.25) is 4.79 Å². The molecule has 0 bridgehead atoms. The summed E-state index contributed by atoms with van der Waals surface area (Å²) in [5, 5.41) is 2.57. The minimum Gasteiger partial charge on any atom is -0.372 e. The second-order valence-electron chi connectivity index (χ2n) is 5.86. The molecule has 0 saturated heterocycles. The van der Waals surface area contributed by atoms with Crippen molar-refractivity contribution in [1.29, 1.82) is 0 Å². The van der Waals surface area contributed by atoms with Gasteiger partial charge in [-0.25, -0.2) is 21.6 Å². The van der Waals surface area contributed by atoms with E-state index in [2.05, 4.69) is 5.32 Å². The van der Waals surface area contributed by atoms with Gasteiger partial charge in [-0.15, -0.1) is 11.3 Å². The van der Waals surface area contributed by atoms with Crippen molar-refractivity contribution in [1.82, 2.24) is 10.0 Å². The zero-order valence-corrected chi connectivity index (χ0v) is 16.8. The fourth-order valence-corrected chi connectivity index (χ4v) is 7.58. The van der Waals surface area contributed by atoms with Gasteiger partial charge in [-0.2, -0.15) is 0 Å². The Labute approximate surface area is 151 Å². The summed E-state index contributed by atoms with van der Waals surface area (Å²) in [6.07, 6.45) is -0.574. The molecule has 0 aliphatic carbocycles. The van der Waals surface area contributed by atoms with Gasteiger partial charge in [-0.1, -0.05) is 6.92 Å². The smallest absolute Gasteiger partial charge is 0.273 e. The lowest BCUT2D eigenvalue weighted by Crippen LogP contribution is -2.37. The van der Waals surface area contributed by atoms with Crippen molar-refractivity contribution in [3.05, 3.63) is 11.6 Å². The lowest BCUT2D eigenvalue weighted by atomic mass is 10.1. The molecular formula is C14H22N2O6S3. The number of fused-ring (bicyclic) bond motifs is 1. The van der Waals surface area contributed by atoms with Crippen LogP contribution in [0.1, 0.15) is 38.8 Å². The minimum atomic E-state index is -4.17. The Morgan fingerprint density at radius 3 is 2.68 bits per heavy atom. The van der Waals surface area contributed by atoms with Crippen molar-refractivity contribution in [3.63, 3.8) is 0 Å². The molecule has 1 aromatic heterocycles. The number of sulfonamides is 1. The highest BCUT2D eigenvalue weighted by Gasteiger charge is 2.39. The van der Waals surface area contributed by atoms with Gasteiger partial charge in [0.1, 0.15) is 14.5 Å². The predicted molar refractivity (Wildman–Crippen MR) is 93.8 cm³/mol. The maximum atomic E-state index is 12.6. The molecular weight excluding hydrogens is 388 g/mol. The highest BCUT2D eigenvalue weighted by atomic mass is 32.3. The third-order valence-corrected chi connectivity index (χ3v) is 9.82. The van der Waals surface area contributed by atoms with Crippen LogP contribution in [0.25, 0.3) is 0 Å². The van der Waals surface area contributed by atoms with Crippen molar-refractivity contribution in [2.45, 2.75) is 53.0 Å². The lowest BCUT2D eigenvalue weighted by molar-refractivity contribution is -0.128. The second kappa shape index (κ2) is 7.31. The van der Waals surface area contributed by atoms with Gasteiger partial charge in [-0.05, 0) is 32.9 Å². The Balaban J connectivity index is 2.46. The summed E-state index contributed by atoms with van der Waals surface area (Å²) in [5.41, 5.74) is 0.442. The standard InChI is InChI=1S/C14H22N2O6S3/c1-5-15-11-6-8(2)24(18,19)14-10(11)7-12(23-14)25(20,21)16-13(17)9(3)22-4/h7-9,11,15H,5-6H2,1-4H3,(H,16,17)/t8-,9?,11-/m0/s1. The largest absolute Gasteiger partial charge is 0.372 e. The summed E-state index contributed by atoms with van der Waals surface area (Å²) in [6, 6.07) is 1.09. The molecule has 0 saturated carbocycles. The first-order valence-corrected chi connectivity index (χ1v) is 11.6. The predicted octanol–water partition coefficient (Wildman–Crippen LogP) is 0.804. The average molecular weight is 411 g/mol. The first-order chi connectivity index (χ1) is 11.5. The van der Waals surface area contributed by atoms with E-state index in [1.807, 2.05) is 11.6 Å². The zero-order valence-electron chi connectivity index (χ0n) is 14.4. The molecule has 3 atom stereocenters. The maximum absolute atomic E-state index is 12.6. The number of hydrogen-bond donors (Lipinski definition) is 2. The summed E-state index contributed by atoms with van der Waals surface area (Å²) in [4.78, 5) is 11.8. The molecule has 1 aliphatic heterocycles. The van der Waals surface area contributed by atoms with Gasteiger partial charge >= 0.3 is 0 Å². The maximum Gasteiger partial charge on any atom is 0.273 e. The van der Waals surface area contributed by atoms with E-state index < -0.39 is 37.1 Å². The molecule has 142 valence electrons. The quantitative estimate of drug-likeness (QED) is 0.712. The molecule has 1 unspecified atom stereocenters. The summed E-state index contributed by atoms with van der Waals surface area (Å²) >= 11 is 0.672. The number of sulfone groups is 1. The topological polar surface area (TPSA) is 119 Å². The Hall–Kier alpha value is -1.01. The number of hydrogen-bond acceptors (Lipinski definition) is 8. The number of rotatable bonds is 6. The summed E-state index contributed by atoms with van der Waals surface area (Å²) in [7, 11) is -6.46. The Kier molecular flexibility index (Phi) is 5.94. The monoisotopic (exact) mass is 410 g/mol. The van der Waals surface area contributed by atoms with Crippen LogP contribution in [0.2, 0.25) is 0 Å². The molecule has 0 aromatic carbocycles. The third kappa shape index (κ3) is 3.90. The molecule has 1 aliphatic rings. The number of carbonyl (C=O) groups is 1. The molecule has 0 radical (unpaired) electrons. The molecule has 2 N–H and O–H groups in total. The molecule has 2 heterocycles. The molecule has 25 heavy (non-hydrogen) atoms. The average Bonchev–Trinajstić information content (AvgIpc) is 2.99. The van der Waals surface area contributed by atoms with Gasteiger partial charge in [0.15, 0.2) is 9.84 Å². The van der Waals surface area contributed by atoms with Crippen LogP contribution < -0.4 is 10.0 Å². The van der Waals surface area contributed by atoms with Gasteiger partial charge in [0.2, 0.25) is 0 Å². The van der Waals surface area contributed by atoms with Crippen molar-refractivity contribution >= 4 is 37.1 Å². The highest BCUT2D eigenvalue weighted by Crippen LogP contribution is 2.42. The van der Waals surface area contributed by atoms with Crippen LogP contribution in [0.5, 0.6) is 0 Å². The van der Waals surface area contributed by atoms with Crippen LogP contribution >= 0.6 is 11.3 Å². The van der Waals surface area contributed by atoms with E-state index in [-0.39, 0.29) is 14.5 Å². The first kappa shape index (κ1) is 20.3. The minimum absolute atomic E-state index is 0.0461. The number of amides is 1. The molecule has 1 aromatic rings. The van der Waals surface area contributed by atoms with Crippen LogP contribution in [0.3, 0.4) is 0 Å². The summed E-state index contributed by atoms with van der Waals surface area (Å²) in [6.45, 7) is 5.54. The number of ether oxygens (including phenoxy) is 1. The van der Waals surface area contributed by atoms with E-state index >= 15 is 0 Å². The normalized spacial score (nSPS) is 23.7. The third-order valence-electron chi connectivity index (χ3n) is 4.11. The first-order valence-electron chi connectivity index (χ1n) is 7.75. The van der Waals surface area contributed by atoms with E-state index in [1.165, 1.54) is 20.1 Å². The van der Waals surface area contributed by atoms with Gasteiger partial charge in [0.25, 0.3) is 15.9 Å². The fourth-order valence-electron chi connectivity index (χ4n) is 2.54. The molecule has 2 rings (SSSR count). The van der Waals surface area contributed by atoms with E-state index in [0.29, 0.717) is 29.9 Å². The zero-order chi connectivity index (χ0) is 19.0. The number of carbonyl (C=O) groups excluding carboxylic acids is 1. The van der Waals surface area contributed by atoms with Gasteiger partial charge in [0, 0.05) is 18.7 Å². The number of nitrogens with one attached hydrogen (secondary N) is 2. The Morgan fingerprint density at radius 2 is 2.12 bits per heavy atom. The molecule has 0 fully saturated rings. The van der Waals surface area contributed by atoms with Gasteiger partial charge < -0.3 is 10.1 Å². The highest BCUT2D eigenvalue weighted by molar-refractivity contribution is 7.95. The van der Waals surface area contributed by atoms with E-state index in [9.17, 15) is 21.6 Å². The van der Waals surface area contributed by atoms with Crippen LogP contribution in [0, 0.1) is 0 Å². The number of methoxy groups -OCH3 is 1. The molecule has 0 spiro atoms. The van der Waals surface area contributed by atoms with Crippen LogP contribution in [0.4, 0.5) is 0 Å². The van der Waals surface area contributed by atoms with E-state index in [1.54, 1.807) is 6.92 Å². The van der Waals surface area contributed by atoms with Crippen LogP contribution in [-0.4, -0.2) is 47.8 Å². The second-order valence-corrected chi connectivity index (χ2v) is 11.4. The van der Waals surface area contributed by atoms with Crippen molar-refractivity contribution in [3.8, 4) is 0 Å². The van der Waals surface area contributed by atoms with Crippen LogP contribution in [-0.2, 0) is 29.4 Å². The van der Waals surface area contributed by atoms with Crippen LogP contribution in [0.15, 0.2) is 14.5 Å². The number of thiophene rings is 1. The van der Waals surface area contributed by atoms with Crippen molar-refractivity contribution < 1.29 is 26.4 Å². The Bertz CT molecular complexity index is 859. The van der Waals surface area contributed by atoms with E-state index in [0.717, 1.165) is 0 Å². The molecule has 11 heteroatoms. The molecule has 1 amide bonds. The summed E-state index contributed by atoms with van der Waals surface area (Å²) < 4.78 is 56.6.